The van der Waals surface area contributed by atoms with Crippen molar-refractivity contribution in [2.24, 2.45) is 4.99 Å². The van der Waals surface area contributed by atoms with Crippen molar-refractivity contribution in [3.8, 4) is 5.75 Å². The summed E-state index contributed by atoms with van der Waals surface area (Å²) in [5.41, 5.74) is 1.13. The van der Waals surface area contributed by atoms with Gasteiger partial charge in [0.05, 0.1) is 12.3 Å². The number of nitrogens with zero attached hydrogens (tertiary/aromatic N) is 2. The van der Waals surface area contributed by atoms with Crippen LogP contribution in [-0.2, 0) is 9.59 Å². The molecule has 0 spiro atoms. The minimum atomic E-state index is -0.602. The number of amides is 2. The summed E-state index contributed by atoms with van der Waals surface area (Å²) in [5, 5.41) is 2.61. The van der Waals surface area contributed by atoms with Gasteiger partial charge in [0.2, 0.25) is 11.8 Å². The molecule has 1 aliphatic heterocycles. The molecule has 0 unspecified atom stereocenters. The SMILES string of the molecule is CCOc1ccc(NC(=O)[C@H]2CC(=O)N(C)C(=Nc3ccc(F)cc3)S2)cc1. The molecule has 0 aliphatic carbocycles. The Hall–Kier alpha value is -2.87. The maximum absolute atomic E-state index is 13.1. The van der Waals surface area contributed by atoms with E-state index >= 15 is 0 Å². The van der Waals surface area contributed by atoms with Crippen molar-refractivity contribution in [3.63, 3.8) is 0 Å². The number of rotatable bonds is 5. The van der Waals surface area contributed by atoms with Gasteiger partial charge in [-0.15, -0.1) is 0 Å². The van der Waals surface area contributed by atoms with Crippen LogP contribution in [0.15, 0.2) is 53.5 Å². The van der Waals surface area contributed by atoms with Crippen molar-refractivity contribution in [1.82, 2.24) is 4.90 Å². The molecular formula is C20H20FN3O3S. The molecule has 8 heteroatoms. The van der Waals surface area contributed by atoms with Gasteiger partial charge < -0.3 is 10.1 Å². The molecule has 0 aromatic heterocycles. The van der Waals surface area contributed by atoms with Crippen LogP contribution in [0.3, 0.4) is 0 Å². The van der Waals surface area contributed by atoms with Gasteiger partial charge in [-0.2, -0.15) is 0 Å². The summed E-state index contributed by atoms with van der Waals surface area (Å²) in [7, 11) is 1.61. The van der Waals surface area contributed by atoms with Gasteiger partial charge in [0, 0.05) is 19.2 Å². The smallest absolute Gasteiger partial charge is 0.238 e. The normalized spacial score (nSPS) is 18.2. The van der Waals surface area contributed by atoms with E-state index in [-0.39, 0.29) is 24.1 Å². The predicted octanol–water partition coefficient (Wildman–Crippen LogP) is 3.81. The number of carbonyl (C=O) groups excluding carboxylic acids is 2. The average Bonchev–Trinajstić information content (AvgIpc) is 2.68. The fourth-order valence-electron chi connectivity index (χ4n) is 2.55. The van der Waals surface area contributed by atoms with Crippen molar-refractivity contribution >= 4 is 40.1 Å². The molecular weight excluding hydrogens is 381 g/mol. The Bertz CT molecular complexity index is 885. The number of hydrogen-bond donors (Lipinski definition) is 1. The molecule has 0 bridgehead atoms. The van der Waals surface area contributed by atoms with Gasteiger partial charge in [0.1, 0.15) is 16.8 Å². The number of carbonyl (C=O) groups is 2. The molecule has 2 amide bonds. The predicted molar refractivity (Wildman–Crippen MR) is 109 cm³/mol. The van der Waals surface area contributed by atoms with E-state index in [1.165, 1.54) is 40.9 Å². The first kappa shape index (κ1) is 19.9. The topological polar surface area (TPSA) is 71.0 Å². The largest absolute Gasteiger partial charge is 0.494 e. The van der Waals surface area contributed by atoms with Crippen LogP contribution in [0.25, 0.3) is 0 Å². The zero-order valence-corrected chi connectivity index (χ0v) is 16.3. The van der Waals surface area contributed by atoms with Crippen LogP contribution in [-0.4, -0.2) is 40.8 Å². The number of ether oxygens (including phenoxy) is 1. The van der Waals surface area contributed by atoms with Gasteiger partial charge in [0.25, 0.3) is 0 Å². The maximum Gasteiger partial charge on any atom is 0.238 e. The highest BCUT2D eigenvalue weighted by atomic mass is 32.2. The number of amidine groups is 1. The summed E-state index contributed by atoms with van der Waals surface area (Å²) in [6.45, 7) is 2.46. The molecule has 1 atom stereocenters. The monoisotopic (exact) mass is 401 g/mol. The molecule has 0 radical (unpaired) electrons. The third-order valence-electron chi connectivity index (χ3n) is 4.05. The van der Waals surface area contributed by atoms with Gasteiger partial charge in [-0.25, -0.2) is 9.38 Å². The van der Waals surface area contributed by atoms with Crippen LogP contribution in [0, 0.1) is 5.82 Å². The highest BCUT2D eigenvalue weighted by Gasteiger charge is 2.34. The molecule has 2 aromatic rings. The first-order chi connectivity index (χ1) is 13.5. The first-order valence-electron chi connectivity index (χ1n) is 8.77. The van der Waals surface area contributed by atoms with Crippen LogP contribution in [0.4, 0.5) is 15.8 Å². The summed E-state index contributed by atoms with van der Waals surface area (Å²) in [6, 6.07) is 12.7. The van der Waals surface area contributed by atoms with Crippen molar-refractivity contribution < 1.29 is 18.7 Å². The Labute approximate surface area is 166 Å². The van der Waals surface area contributed by atoms with Crippen molar-refractivity contribution in [3.05, 3.63) is 54.3 Å². The Kier molecular flexibility index (Phi) is 6.30. The summed E-state index contributed by atoms with van der Waals surface area (Å²) < 4.78 is 18.4. The number of anilines is 1. The number of halogens is 1. The highest BCUT2D eigenvalue weighted by molar-refractivity contribution is 8.15. The van der Waals surface area contributed by atoms with Crippen LogP contribution in [0.2, 0.25) is 0 Å². The lowest BCUT2D eigenvalue weighted by molar-refractivity contribution is -0.128. The van der Waals surface area contributed by atoms with Gasteiger partial charge in [-0.1, -0.05) is 11.8 Å². The minimum Gasteiger partial charge on any atom is -0.494 e. The number of hydrogen-bond acceptors (Lipinski definition) is 5. The Morgan fingerprint density at radius 3 is 2.57 bits per heavy atom. The molecule has 3 rings (SSSR count). The van der Waals surface area contributed by atoms with Crippen molar-refractivity contribution in [1.29, 1.82) is 0 Å². The quantitative estimate of drug-likeness (QED) is 0.827. The van der Waals surface area contributed by atoms with E-state index in [9.17, 15) is 14.0 Å². The van der Waals surface area contributed by atoms with Crippen LogP contribution >= 0.6 is 11.8 Å². The number of nitrogens with one attached hydrogen (secondary N) is 1. The van der Waals surface area contributed by atoms with E-state index in [0.29, 0.717) is 23.1 Å². The summed E-state index contributed by atoms with van der Waals surface area (Å²) >= 11 is 1.21. The Morgan fingerprint density at radius 2 is 1.93 bits per heavy atom. The molecule has 1 saturated heterocycles. The summed E-state index contributed by atoms with van der Waals surface area (Å²) in [4.78, 5) is 30.7. The molecule has 1 aliphatic rings. The molecule has 1 N–H and O–H groups in total. The Morgan fingerprint density at radius 1 is 1.25 bits per heavy atom. The van der Waals surface area contributed by atoms with E-state index in [0.717, 1.165) is 5.75 Å². The second kappa shape index (κ2) is 8.88. The van der Waals surface area contributed by atoms with Crippen LogP contribution < -0.4 is 10.1 Å². The molecule has 1 fully saturated rings. The lowest BCUT2D eigenvalue weighted by atomic mass is 10.2. The molecule has 0 saturated carbocycles. The standard InChI is InChI=1S/C20H20FN3O3S/c1-3-27-16-10-8-14(9-11-16)22-19(26)17-12-18(25)24(2)20(28-17)23-15-6-4-13(21)5-7-15/h4-11,17H,3,12H2,1-2H3,(H,22,26)/t17-/m1/s1. The zero-order chi connectivity index (χ0) is 20.1. The first-order valence-corrected chi connectivity index (χ1v) is 9.65. The number of benzene rings is 2. The number of aliphatic imine (C=N–C) groups is 1. The zero-order valence-electron chi connectivity index (χ0n) is 15.5. The van der Waals surface area contributed by atoms with E-state index in [1.54, 1.807) is 31.3 Å². The van der Waals surface area contributed by atoms with E-state index in [1.807, 2.05) is 6.92 Å². The average molecular weight is 401 g/mol. The number of thioether (sulfide) groups is 1. The van der Waals surface area contributed by atoms with Crippen LogP contribution in [0.1, 0.15) is 13.3 Å². The second-order valence-electron chi connectivity index (χ2n) is 6.08. The second-order valence-corrected chi connectivity index (χ2v) is 7.25. The van der Waals surface area contributed by atoms with Gasteiger partial charge in [-0.3, -0.25) is 14.5 Å². The molecule has 1 heterocycles. The fraction of sp³-hybridized carbons (Fsp3) is 0.250. The van der Waals surface area contributed by atoms with Crippen LogP contribution in [0.5, 0.6) is 5.75 Å². The van der Waals surface area contributed by atoms with Gasteiger partial charge in [0.15, 0.2) is 5.17 Å². The van der Waals surface area contributed by atoms with E-state index in [2.05, 4.69) is 10.3 Å². The third-order valence-corrected chi connectivity index (χ3v) is 5.29. The van der Waals surface area contributed by atoms with Crippen molar-refractivity contribution in [2.45, 2.75) is 18.6 Å². The van der Waals surface area contributed by atoms with Gasteiger partial charge >= 0.3 is 0 Å². The van der Waals surface area contributed by atoms with Gasteiger partial charge in [-0.05, 0) is 55.5 Å². The summed E-state index contributed by atoms with van der Waals surface area (Å²) in [6.07, 6.45) is 0.0759. The molecule has 2 aromatic carbocycles. The third kappa shape index (κ3) is 4.89. The molecule has 6 nitrogen and oxygen atoms in total. The highest BCUT2D eigenvalue weighted by Crippen LogP contribution is 2.29. The lowest BCUT2D eigenvalue weighted by Gasteiger charge is -2.28. The molecule has 146 valence electrons. The summed E-state index contributed by atoms with van der Waals surface area (Å²) in [5.74, 6) is -0.121. The lowest BCUT2D eigenvalue weighted by Crippen LogP contribution is -2.43. The van der Waals surface area contributed by atoms with E-state index in [4.69, 9.17) is 4.74 Å². The van der Waals surface area contributed by atoms with E-state index < -0.39 is 5.25 Å². The van der Waals surface area contributed by atoms with Crippen molar-refractivity contribution in [2.75, 3.05) is 19.0 Å². The maximum atomic E-state index is 13.1. The fourth-order valence-corrected chi connectivity index (χ4v) is 3.61. The Balaban J connectivity index is 1.71. The minimum absolute atomic E-state index is 0.0759. The molecule has 28 heavy (non-hydrogen) atoms.